The molecule has 1 atom stereocenters. The number of rotatable bonds is 5. The molecule has 0 saturated heterocycles. The number of nitrogens with one attached hydrogen (secondary N) is 1. The number of carboxylic acids is 1. The zero-order valence-electron chi connectivity index (χ0n) is 12.9. The maximum atomic E-state index is 11.2. The van der Waals surface area contributed by atoms with Crippen molar-refractivity contribution in [1.82, 2.24) is 9.38 Å². The fraction of sp³-hybridized carbons (Fsp3) is 0.176. The van der Waals surface area contributed by atoms with Gasteiger partial charge in [0.2, 0.25) is 0 Å². The van der Waals surface area contributed by atoms with Crippen LogP contribution in [-0.2, 0) is 4.79 Å². The van der Waals surface area contributed by atoms with Crippen LogP contribution in [0.3, 0.4) is 0 Å². The molecule has 1 unspecified atom stereocenters. The second kappa shape index (κ2) is 6.00. The van der Waals surface area contributed by atoms with Gasteiger partial charge in [-0.3, -0.25) is 9.20 Å². The van der Waals surface area contributed by atoms with E-state index < -0.39 is 12.0 Å². The minimum atomic E-state index is -0.920. The van der Waals surface area contributed by atoms with Crippen LogP contribution in [0.2, 0.25) is 0 Å². The number of ether oxygens (including phenoxy) is 1. The Balaban J connectivity index is 2.12. The Labute approximate surface area is 133 Å². The standard InChI is InChI=1S/C17H17N3O3/c1-11(17(21)22)18-16-15(12-6-8-13(23-2)9-7-12)19-14-5-3-4-10-20(14)16/h3-11,18H,1-2H3,(H,21,22). The third kappa shape index (κ3) is 2.83. The molecular formula is C17H17N3O3. The first-order chi connectivity index (χ1) is 11.1. The lowest BCUT2D eigenvalue weighted by atomic mass is 10.1. The number of pyridine rings is 1. The Morgan fingerprint density at radius 2 is 2.00 bits per heavy atom. The molecule has 0 bridgehead atoms. The molecule has 23 heavy (non-hydrogen) atoms. The van der Waals surface area contributed by atoms with E-state index in [1.165, 1.54) is 0 Å². The van der Waals surface area contributed by atoms with Gasteiger partial charge in [0.15, 0.2) is 0 Å². The Hall–Kier alpha value is -3.02. The number of imidazole rings is 1. The minimum Gasteiger partial charge on any atom is -0.497 e. The molecule has 6 heteroatoms. The molecule has 2 aromatic heterocycles. The molecule has 6 nitrogen and oxygen atoms in total. The highest BCUT2D eigenvalue weighted by atomic mass is 16.5. The summed E-state index contributed by atoms with van der Waals surface area (Å²) in [5, 5.41) is 12.2. The lowest BCUT2D eigenvalue weighted by Gasteiger charge is -2.12. The third-order valence-electron chi connectivity index (χ3n) is 3.62. The molecule has 0 saturated carbocycles. The third-order valence-corrected chi connectivity index (χ3v) is 3.62. The molecule has 2 N–H and O–H groups in total. The molecule has 2 heterocycles. The summed E-state index contributed by atoms with van der Waals surface area (Å²) in [7, 11) is 1.61. The predicted octanol–water partition coefficient (Wildman–Crippen LogP) is 2.89. The number of benzene rings is 1. The summed E-state index contributed by atoms with van der Waals surface area (Å²) >= 11 is 0. The van der Waals surface area contributed by atoms with Crippen LogP contribution in [0, 0.1) is 0 Å². The number of aliphatic carboxylic acids is 1. The zero-order valence-corrected chi connectivity index (χ0v) is 12.9. The molecule has 118 valence electrons. The number of aromatic nitrogens is 2. The number of nitrogens with zero attached hydrogens (tertiary/aromatic N) is 2. The smallest absolute Gasteiger partial charge is 0.325 e. The van der Waals surface area contributed by atoms with E-state index in [9.17, 15) is 9.90 Å². The largest absolute Gasteiger partial charge is 0.497 e. The van der Waals surface area contributed by atoms with Crippen molar-refractivity contribution in [1.29, 1.82) is 0 Å². The number of hydrogen-bond donors (Lipinski definition) is 2. The summed E-state index contributed by atoms with van der Waals surface area (Å²) < 4.78 is 7.02. The molecule has 3 rings (SSSR count). The van der Waals surface area contributed by atoms with E-state index in [0.717, 1.165) is 17.0 Å². The van der Waals surface area contributed by atoms with Crippen molar-refractivity contribution in [2.24, 2.45) is 0 Å². The van der Waals surface area contributed by atoms with Crippen LogP contribution in [0.25, 0.3) is 16.9 Å². The van der Waals surface area contributed by atoms with E-state index in [1.54, 1.807) is 14.0 Å². The van der Waals surface area contributed by atoms with Gasteiger partial charge in [-0.15, -0.1) is 0 Å². The lowest BCUT2D eigenvalue weighted by molar-refractivity contribution is -0.137. The van der Waals surface area contributed by atoms with E-state index in [4.69, 9.17) is 4.74 Å². The number of hydrogen-bond acceptors (Lipinski definition) is 4. The van der Waals surface area contributed by atoms with Crippen LogP contribution in [0.1, 0.15) is 6.92 Å². The van der Waals surface area contributed by atoms with Crippen molar-refractivity contribution >= 4 is 17.4 Å². The van der Waals surface area contributed by atoms with Gasteiger partial charge >= 0.3 is 5.97 Å². The normalized spacial score (nSPS) is 12.1. The van der Waals surface area contributed by atoms with E-state index in [-0.39, 0.29) is 0 Å². The predicted molar refractivity (Wildman–Crippen MR) is 87.9 cm³/mol. The molecular weight excluding hydrogens is 294 g/mol. The maximum Gasteiger partial charge on any atom is 0.325 e. The molecule has 1 aromatic carbocycles. The van der Waals surface area contributed by atoms with Gasteiger partial charge in [-0.25, -0.2) is 4.98 Å². The van der Waals surface area contributed by atoms with Crippen molar-refractivity contribution in [2.75, 3.05) is 12.4 Å². The number of carbonyl (C=O) groups is 1. The van der Waals surface area contributed by atoms with Crippen molar-refractivity contribution in [3.63, 3.8) is 0 Å². The Morgan fingerprint density at radius 3 is 2.65 bits per heavy atom. The molecule has 0 radical (unpaired) electrons. The molecule has 0 aliphatic rings. The second-order valence-electron chi connectivity index (χ2n) is 5.17. The van der Waals surface area contributed by atoms with Crippen molar-refractivity contribution < 1.29 is 14.6 Å². The second-order valence-corrected chi connectivity index (χ2v) is 5.17. The average molecular weight is 311 g/mol. The van der Waals surface area contributed by atoms with Crippen LogP contribution in [0.5, 0.6) is 5.75 Å². The summed E-state index contributed by atoms with van der Waals surface area (Å²) in [6.07, 6.45) is 1.85. The maximum absolute atomic E-state index is 11.2. The topological polar surface area (TPSA) is 75.9 Å². The van der Waals surface area contributed by atoms with Gasteiger partial charge in [-0.05, 0) is 43.3 Å². The van der Waals surface area contributed by atoms with Crippen molar-refractivity contribution in [2.45, 2.75) is 13.0 Å². The molecule has 0 aliphatic heterocycles. The van der Waals surface area contributed by atoms with E-state index in [2.05, 4.69) is 10.3 Å². The van der Waals surface area contributed by atoms with Crippen LogP contribution >= 0.6 is 0 Å². The summed E-state index contributed by atoms with van der Waals surface area (Å²) in [5.74, 6) is 0.489. The fourth-order valence-corrected chi connectivity index (χ4v) is 2.35. The monoisotopic (exact) mass is 311 g/mol. The molecule has 3 aromatic rings. The minimum absolute atomic E-state index is 0.653. The summed E-state index contributed by atoms with van der Waals surface area (Å²) in [6.45, 7) is 1.60. The van der Waals surface area contributed by atoms with Gasteiger partial charge in [-0.1, -0.05) is 6.07 Å². The molecule has 0 fully saturated rings. The summed E-state index contributed by atoms with van der Waals surface area (Å²) in [6, 6.07) is 12.4. The van der Waals surface area contributed by atoms with Gasteiger partial charge in [-0.2, -0.15) is 0 Å². The number of methoxy groups -OCH3 is 1. The van der Waals surface area contributed by atoms with Crippen LogP contribution in [0.15, 0.2) is 48.7 Å². The zero-order chi connectivity index (χ0) is 16.4. The Bertz CT molecular complexity index is 840. The Morgan fingerprint density at radius 1 is 1.26 bits per heavy atom. The summed E-state index contributed by atoms with van der Waals surface area (Å²) in [4.78, 5) is 15.8. The molecule has 0 spiro atoms. The SMILES string of the molecule is COc1ccc(-c2nc3ccccn3c2NC(C)C(=O)O)cc1. The van der Waals surface area contributed by atoms with Gasteiger partial charge in [0.25, 0.3) is 0 Å². The number of carboxylic acid groups (broad SMARTS) is 1. The van der Waals surface area contributed by atoms with Crippen LogP contribution in [-0.4, -0.2) is 33.6 Å². The average Bonchev–Trinajstić information content (AvgIpc) is 2.93. The van der Waals surface area contributed by atoms with Gasteiger partial charge in [0, 0.05) is 11.8 Å². The van der Waals surface area contributed by atoms with Crippen LogP contribution < -0.4 is 10.1 Å². The van der Waals surface area contributed by atoms with Crippen LogP contribution in [0.4, 0.5) is 5.82 Å². The number of fused-ring (bicyclic) bond motifs is 1. The highest BCUT2D eigenvalue weighted by Gasteiger charge is 2.18. The quantitative estimate of drug-likeness (QED) is 0.758. The van der Waals surface area contributed by atoms with Gasteiger partial charge in [0.1, 0.15) is 29.0 Å². The lowest BCUT2D eigenvalue weighted by Crippen LogP contribution is -2.26. The van der Waals surface area contributed by atoms with Crippen molar-refractivity contribution in [3.05, 3.63) is 48.7 Å². The van der Waals surface area contributed by atoms with E-state index in [1.807, 2.05) is 53.1 Å². The van der Waals surface area contributed by atoms with Gasteiger partial charge < -0.3 is 15.2 Å². The molecule has 0 amide bonds. The summed E-state index contributed by atoms with van der Waals surface area (Å²) in [5.41, 5.74) is 2.33. The Kier molecular flexibility index (Phi) is 3.89. The first-order valence-corrected chi connectivity index (χ1v) is 7.21. The van der Waals surface area contributed by atoms with E-state index in [0.29, 0.717) is 11.5 Å². The molecule has 0 aliphatic carbocycles. The number of anilines is 1. The van der Waals surface area contributed by atoms with E-state index >= 15 is 0 Å². The highest BCUT2D eigenvalue weighted by Crippen LogP contribution is 2.30. The fourth-order valence-electron chi connectivity index (χ4n) is 2.35. The highest BCUT2D eigenvalue weighted by molar-refractivity contribution is 5.82. The van der Waals surface area contributed by atoms with Gasteiger partial charge in [0.05, 0.1) is 7.11 Å². The first kappa shape index (κ1) is 14.9. The first-order valence-electron chi connectivity index (χ1n) is 7.21. The van der Waals surface area contributed by atoms with Crippen molar-refractivity contribution in [3.8, 4) is 17.0 Å².